The minimum Gasteiger partial charge on any atom is -0.457 e. The van der Waals surface area contributed by atoms with Crippen molar-refractivity contribution in [3.8, 4) is 11.5 Å². The van der Waals surface area contributed by atoms with Gasteiger partial charge >= 0.3 is 0 Å². The largest absolute Gasteiger partial charge is 0.457 e. The Morgan fingerprint density at radius 1 is 0.808 bits per heavy atom. The summed E-state index contributed by atoms with van der Waals surface area (Å²) >= 11 is 0. The van der Waals surface area contributed by atoms with Gasteiger partial charge in [0.25, 0.3) is 0 Å². The molecule has 0 aliphatic carbocycles. The maximum atomic E-state index is 12.9. The predicted octanol–water partition coefficient (Wildman–Crippen LogP) is 5.73. The fraction of sp³-hybridized carbons (Fsp3) is 0.217. The molecule has 26 heavy (non-hydrogen) atoms. The molecular weight excluding hydrogens is 325 g/mol. The van der Waals surface area contributed by atoms with Crippen molar-refractivity contribution in [1.82, 2.24) is 5.32 Å². The molecule has 0 aliphatic rings. The van der Waals surface area contributed by atoms with E-state index in [1.54, 1.807) is 12.1 Å². The second-order valence-corrected chi connectivity index (χ2v) is 6.51. The molecule has 3 heteroatoms. The SMILES string of the molecule is CC(CCc1ccccc1)NCc1ccc(Oc2ccc(F)cc2)cc1. The first-order valence-electron chi connectivity index (χ1n) is 8.99. The van der Waals surface area contributed by atoms with E-state index in [0.29, 0.717) is 11.8 Å². The number of rotatable bonds is 8. The van der Waals surface area contributed by atoms with Gasteiger partial charge in [0.05, 0.1) is 0 Å². The minimum atomic E-state index is -0.264. The van der Waals surface area contributed by atoms with Crippen LogP contribution in [0.2, 0.25) is 0 Å². The van der Waals surface area contributed by atoms with E-state index in [2.05, 4.69) is 54.7 Å². The van der Waals surface area contributed by atoms with Gasteiger partial charge in [-0.15, -0.1) is 0 Å². The first-order valence-corrected chi connectivity index (χ1v) is 8.99. The van der Waals surface area contributed by atoms with Crippen LogP contribution in [-0.2, 0) is 13.0 Å². The number of halogens is 1. The molecule has 3 aromatic carbocycles. The Labute approximate surface area is 154 Å². The van der Waals surface area contributed by atoms with Crippen LogP contribution in [0.5, 0.6) is 11.5 Å². The zero-order chi connectivity index (χ0) is 18.2. The molecule has 0 aliphatic heterocycles. The average molecular weight is 349 g/mol. The van der Waals surface area contributed by atoms with E-state index < -0.39 is 0 Å². The third kappa shape index (κ3) is 5.71. The highest BCUT2D eigenvalue weighted by Gasteiger charge is 2.03. The fourth-order valence-corrected chi connectivity index (χ4v) is 2.74. The topological polar surface area (TPSA) is 21.3 Å². The van der Waals surface area contributed by atoms with Crippen LogP contribution in [0.3, 0.4) is 0 Å². The first kappa shape index (κ1) is 18.2. The lowest BCUT2D eigenvalue weighted by Crippen LogP contribution is -2.25. The molecular formula is C23H24FNO. The summed E-state index contributed by atoms with van der Waals surface area (Å²) in [6, 6.07) is 25.0. The Morgan fingerprint density at radius 2 is 1.42 bits per heavy atom. The van der Waals surface area contributed by atoms with Crippen molar-refractivity contribution in [2.24, 2.45) is 0 Å². The summed E-state index contributed by atoms with van der Waals surface area (Å²) in [5, 5.41) is 3.56. The molecule has 0 amide bonds. The molecule has 3 rings (SSSR count). The van der Waals surface area contributed by atoms with Gasteiger partial charge in [0.1, 0.15) is 17.3 Å². The zero-order valence-corrected chi connectivity index (χ0v) is 15.0. The number of nitrogens with one attached hydrogen (secondary N) is 1. The van der Waals surface area contributed by atoms with E-state index in [1.165, 1.54) is 23.3 Å². The minimum absolute atomic E-state index is 0.264. The van der Waals surface area contributed by atoms with Crippen LogP contribution in [0, 0.1) is 5.82 Å². The van der Waals surface area contributed by atoms with Gasteiger partial charge in [-0.2, -0.15) is 0 Å². The maximum absolute atomic E-state index is 12.9. The van der Waals surface area contributed by atoms with Gasteiger partial charge in [-0.3, -0.25) is 0 Å². The predicted molar refractivity (Wildman–Crippen MR) is 104 cm³/mol. The molecule has 0 fully saturated rings. The Balaban J connectivity index is 1.44. The van der Waals surface area contributed by atoms with Gasteiger partial charge in [0.15, 0.2) is 0 Å². The maximum Gasteiger partial charge on any atom is 0.127 e. The molecule has 3 aromatic rings. The van der Waals surface area contributed by atoms with Gasteiger partial charge in [-0.1, -0.05) is 42.5 Å². The molecule has 0 aromatic heterocycles. The van der Waals surface area contributed by atoms with Gasteiger partial charge in [0.2, 0.25) is 0 Å². The van der Waals surface area contributed by atoms with Crippen molar-refractivity contribution in [3.05, 3.63) is 95.8 Å². The Hall–Kier alpha value is -2.65. The lowest BCUT2D eigenvalue weighted by atomic mass is 10.1. The summed E-state index contributed by atoms with van der Waals surface area (Å²) in [4.78, 5) is 0. The monoisotopic (exact) mass is 349 g/mol. The quantitative estimate of drug-likeness (QED) is 0.561. The fourth-order valence-electron chi connectivity index (χ4n) is 2.74. The number of hydrogen-bond donors (Lipinski definition) is 1. The summed E-state index contributed by atoms with van der Waals surface area (Å²) in [6.07, 6.45) is 2.19. The second kappa shape index (κ2) is 9.16. The number of aryl methyl sites for hydroxylation is 1. The third-order valence-electron chi connectivity index (χ3n) is 4.34. The van der Waals surface area contributed by atoms with Gasteiger partial charge in [0, 0.05) is 12.6 Å². The average Bonchev–Trinajstić information content (AvgIpc) is 2.68. The van der Waals surface area contributed by atoms with E-state index in [4.69, 9.17) is 4.74 Å². The van der Waals surface area contributed by atoms with Gasteiger partial charge in [-0.25, -0.2) is 4.39 Å². The molecule has 1 N–H and O–H groups in total. The van der Waals surface area contributed by atoms with Crippen LogP contribution < -0.4 is 10.1 Å². The Bertz CT molecular complexity index is 785. The lowest BCUT2D eigenvalue weighted by molar-refractivity contribution is 0.479. The summed E-state index contributed by atoms with van der Waals surface area (Å²) in [5.74, 6) is 1.12. The highest BCUT2D eigenvalue weighted by molar-refractivity contribution is 5.33. The lowest BCUT2D eigenvalue weighted by Gasteiger charge is -2.14. The summed E-state index contributed by atoms with van der Waals surface area (Å²) in [5.41, 5.74) is 2.59. The Kier molecular flexibility index (Phi) is 6.39. The van der Waals surface area contributed by atoms with Crippen LogP contribution in [0.1, 0.15) is 24.5 Å². The molecule has 0 heterocycles. The molecule has 0 spiro atoms. The van der Waals surface area contributed by atoms with Crippen molar-refractivity contribution in [2.45, 2.75) is 32.4 Å². The third-order valence-corrected chi connectivity index (χ3v) is 4.34. The molecule has 0 bridgehead atoms. The number of ether oxygens (including phenoxy) is 1. The highest BCUT2D eigenvalue weighted by Crippen LogP contribution is 2.21. The molecule has 1 unspecified atom stereocenters. The van der Waals surface area contributed by atoms with Crippen LogP contribution in [-0.4, -0.2) is 6.04 Å². The van der Waals surface area contributed by atoms with Crippen molar-refractivity contribution in [1.29, 1.82) is 0 Å². The molecule has 2 nitrogen and oxygen atoms in total. The van der Waals surface area contributed by atoms with Crippen LogP contribution in [0.15, 0.2) is 78.9 Å². The number of hydrogen-bond acceptors (Lipinski definition) is 2. The van der Waals surface area contributed by atoms with E-state index >= 15 is 0 Å². The van der Waals surface area contributed by atoms with Gasteiger partial charge < -0.3 is 10.1 Å². The first-order chi connectivity index (χ1) is 12.7. The Morgan fingerprint density at radius 3 is 2.08 bits per heavy atom. The summed E-state index contributed by atoms with van der Waals surface area (Å²) in [6.45, 7) is 3.04. The molecule has 0 saturated carbocycles. The van der Waals surface area contributed by atoms with Crippen LogP contribution in [0.4, 0.5) is 4.39 Å². The van der Waals surface area contributed by atoms with Gasteiger partial charge in [-0.05, 0) is 67.3 Å². The second-order valence-electron chi connectivity index (χ2n) is 6.51. The molecule has 0 saturated heterocycles. The van der Waals surface area contributed by atoms with E-state index in [9.17, 15) is 4.39 Å². The molecule has 1 atom stereocenters. The van der Waals surface area contributed by atoms with Crippen molar-refractivity contribution >= 4 is 0 Å². The van der Waals surface area contributed by atoms with Crippen LogP contribution >= 0.6 is 0 Å². The normalized spacial score (nSPS) is 11.9. The standard InChI is InChI=1S/C23H24FNO/c1-18(7-8-19-5-3-2-4-6-19)25-17-20-9-13-22(14-10-20)26-23-15-11-21(24)12-16-23/h2-6,9-16,18,25H,7-8,17H2,1H3. The number of benzene rings is 3. The van der Waals surface area contributed by atoms with E-state index in [-0.39, 0.29) is 5.82 Å². The molecule has 134 valence electrons. The molecule has 0 radical (unpaired) electrons. The smallest absolute Gasteiger partial charge is 0.127 e. The van der Waals surface area contributed by atoms with Crippen molar-refractivity contribution < 1.29 is 9.13 Å². The zero-order valence-electron chi connectivity index (χ0n) is 15.0. The highest BCUT2D eigenvalue weighted by atomic mass is 19.1. The van der Waals surface area contributed by atoms with Crippen molar-refractivity contribution in [3.63, 3.8) is 0 Å². The summed E-state index contributed by atoms with van der Waals surface area (Å²) in [7, 11) is 0. The van der Waals surface area contributed by atoms with E-state index in [0.717, 1.165) is 25.1 Å². The van der Waals surface area contributed by atoms with Crippen molar-refractivity contribution in [2.75, 3.05) is 0 Å². The summed E-state index contributed by atoms with van der Waals surface area (Å²) < 4.78 is 18.6. The van der Waals surface area contributed by atoms with E-state index in [1.807, 2.05) is 12.1 Å². The van der Waals surface area contributed by atoms with Crippen LogP contribution in [0.25, 0.3) is 0 Å².